The number of nitrogens with zero attached hydrogens (tertiary/aromatic N) is 1. The Balaban J connectivity index is 2.87. The minimum atomic E-state index is -0.139. The number of rotatable bonds is 0. The van der Waals surface area contributed by atoms with E-state index >= 15 is 0 Å². The molecule has 0 aliphatic heterocycles. The van der Waals surface area contributed by atoms with Crippen LogP contribution in [0.3, 0.4) is 0 Å². The summed E-state index contributed by atoms with van der Waals surface area (Å²) in [5.74, 6) is 5.26. The molecule has 1 N–H and O–H groups in total. The summed E-state index contributed by atoms with van der Waals surface area (Å²) in [6.45, 7) is 0. The molecule has 0 unspecified atom stereocenters. The zero-order valence-corrected chi connectivity index (χ0v) is 6.41. The van der Waals surface area contributed by atoms with E-state index < -0.39 is 0 Å². The van der Waals surface area contributed by atoms with Crippen molar-refractivity contribution < 1.29 is 5.02 Å². The van der Waals surface area contributed by atoms with Gasteiger partial charge in [0.05, 0.1) is 11.6 Å². The molecule has 0 aliphatic carbocycles. The fourth-order valence-electron chi connectivity index (χ4n) is 0.770. The predicted octanol–water partition coefficient (Wildman–Crippen LogP) is 0.211. The van der Waals surface area contributed by atoms with Crippen molar-refractivity contribution in [2.24, 2.45) is 0 Å². The molecule has 0 saturated carbocycles. The van der Waals surface area contributed by atoms with E-state index in [0.717, 1.165) is 5.56 Å². The van der Waals surface area contributed by atoms with Gasteiger partial charge >= 0.3 is 7.48 Å². The summed E-state index contributed by atoms with van der Waals surface area (Å²) in [4.78, 5) is 0. The average Bonchev–Trinajstić information content (AvgIpc) is 2.15. The van der Waals surface area contributed by atoms with Crippen molar-refractivity contribution in [2.45, 2.75) is 0 Å². The summed E-state index contributed by atoms with van der Waals surface area (Å²) in [6.07, 6.45) is 0. The highest BCUT2D eigenvalue weighted by molar-refractivity contribution is 6.37. The summed E-state index contributed by atoms with van der Waals surface area (Å²) < 4.78 is 0. The van der Waals surface area contributed by atoms with Gasteiger partial charge in [0, 0.05) is 5.56 Å². The van der Waals surface area contributed by atoms with Crippen LogP contribution in [0.2, 0.25) is 0 Å². The zero-order valence-electron chi connectivity index (χ0n) is 6.41. The molecule has 0 saturated heterocycles. The average molecular weight is 155 g/mol. The number of hydrogen-bond acceptors (Lipinski definition) is 2. The van der Waals surface area contributed by atoms with Crippen LogP contribution in [0.4, 0.5) is 0 Å². The lowest BCUT2D eigenvalue weighted by molar-refractivity contribution is 0.616. The first-order valence-corrected chi connectivity index (χ1v) is 3.46. The lowest BCUT2D eigenvalue weighted by atomic mass is 10.0. The van der Waals surface area contributed by atoms with Crippen molar-refractivity contribution in [2.75, 3.05) is 0 Å². The largest absolute Gasteiger partial charge is 0.443 e. The maximum Gasteiger partial charge on any atom is 0.359 e. The molecular weight excluding hydrogens is 149 g/mol. The fourth-order valence-corrected chi connectivity index (χ4v) is 0.770. The van der Waals surface area contributed by atoms with Crippen LogP contribution in [0.1, 0.15) is 11.1 Å². The summed E-state index contributed by atoms with van der Waals surface area (Å²) in [5, 5.41) is 16.9. The van der Waals surface area contributed by atoms with Gasteiger partial charge in [-0.3, -0.25) is 0 Å². The van der Waals surface area contributed by atoms with Crippen molar-refractivity contribution in [1.29, 1.82) is 5.26 Å². The highest BCUT2D eigenvalue weighted by Gasteiger charge is 1.88. The van der Waals surface area contributed by atoms with Gasteiger partial charge in [-0.15, -0.1) is 5.82 Å². The van der Waals surface area contributed by atoms with Gasteiger partial charge in [0.25, 0.3) is 0 Å². The van der Waals surface area contributed by atoms with E-state index in [1.54, 1.807) is 24.3 Å². The third kappa shape index (κ3) is 2.16. The van der Waals surface area contributed by atoms with Gasteiger partial charge in [0.15, 0.2) is 0 Å². The maximum atomic E-state index is 8.48. The van der Waals surface area contributed by atoms with E-state index in [1.807, 2.05) is 6.07 Å². The molecule has 0 spiro atoms. The summed E-state index contributed by atoms with van der Waals surface area (Å²) in [7, 11) is -0.139. The molecule has 1 aromatic rings. The Morgan fingerprint density at radius 1 is 1.17 bits per heavy atom. The molecule has 0 fully saturated rings. The minimum absolute atomic E-state index is 0.139. The first-order valence-electron chi connectivity index (χ1n) is 3.46. The van der Waals surface area contributed by atoms with Crippen LogP contribution in [0.25, 0.3) is 0 Å². The molecule has 3 heteroatoms. The first-order chi connectivity index (χ1) is 5.86. The second-order valence-electron chi connectivity index (χ2n) is 2.15. The van der Waals surface area contributed by atoms with Crippen molar-refractivity contribution >= 4 is 7.48 Å². The molecule has 0 heterocycles. The summed E-state index contributed by atoms with van der Waals surface area (Å²) in [6, 6.07) is 8.91. The van der Waals surface area contributed by atoms with Crippen LogP contribution in [0, 0.1) is 23.1 Å². The third-order valence-electron chi connectivity index (χ3n) is 1.33. The Bertz CT molecular complexity index is 353. The number of benzene rings is 1. The Morgan fingerprint density at radius 2 is 1.75 bits per heavy atom. The number of nitriles is 1. The minimum Gasteiger partial charge on any atom is -0.443 e. The zero-order chi connectivity index (χ0) is 8.81. The molecule has 0 radical (unpaired) electrons. The van der Waals surface area contributed by atoms with E-state index in [2.05, 4.69) is 11.7 Å². The molecule has 1 aromatic carbocycles. The van der Waals surface area contributed by atoms with Crippen LogP contribution in [0.5, 0.6) is 0 Å². The van der Waals surface area contributed by atoms with Gasteiger partial charge in [0.2, 0.25) is 0 Å². The van der Waals surface area contributed by atoms with Crippen molar-refractivity contribution in [3.05, 3.63) is 35.4 Å². The Hall–Kier alpha value is -1.71. The highest BCUT2D eigenvalue weighted by atomic mass is 16.2. The first kappa shape index (κ1) is 8.39. The summed E-state index contributed by atoms with van der Waals surface area (Å²) >= 11 is 0. The standard InChI is InChI=1S/C9H6BNO/c11-7-9-3-1-8(2-4-9)5-6-10-12/h1-4,10,12H. The second-order valence-corrected chi connectivity index (χ2v) is 2.15. The van der Waals surface area contributed by atoms with Gasteiger partial charge in [-0.1, -0.05) is 5.92 Å². The topological polar surface area (TPSA) is 44.0 Å². The van der Waals surface area contributed by atoms with E-state index in [4.69, 9.17) is 10.3 Å². The monoisotopic (exact) mass is 155 g/mol. The van der Waals surface area contributed by atoms with Crippen molar-refractivity contribution in [3.63, 3.8) is 0 Å². The smallest absolute Gasteiger partial charge is 0.359 e. The van der Waals surface area contributed by atoms with Crippen LogP contribution in [-0.4, -0.2) is 12.5 Å². The molecule has 0 aliphatic rings. The van der Waals surface area contributed by atoms with E-state index in [9.17, 15) is 0 Å². The lowest BCUT2D eigenvalue weighted by Crippen LogP contribution is -1.80. The SMILES string of the molecule is N#Cc1ccc(C#CBO)cc1. The molecule has 0 amide bonds. The summed E-state index contributed by atoms with van der Waals surface area (Å²) in [5.41, 5.74) is 1.42. The van der Waals surface area contributed by atoms with E-state index in [1.165, 1.54) is 0 Å². The van der Waals surface area contributed by atoms with Crippen LogP contribution < -0.4 is 0 Å². The molecular formula is C9H6BNO. The number of hydrogen-bond donors (Lipinski definition) is 1. The molecule has 2 nitrogen and oxygen atoms in total. The van der Waals surface area contributed by atoms with Gasteiger partial charge in [-0.25, -0.2) is 0 Å². The van der Waals surface area contributed by atoms with Crippen molar-refractivity contribution in [1.82, 2.24) is 0 Å². The molecule has 12 heavy (non-hydrogen) atoms. The molecule has 0 aromatic heterocycles. The highest BCUT2D eigenvalue weighted by Crippen LogP contribution is 2.00. The maximum absolute atomic E-state index is 8.48. The van der Waals surface area contributed by atoms with Crippen LogP contribution in [-0.2, 0) is 0 Å². The molecule has 56 valence electrons. The lowest BCUT2D eigenvalue weighted by Gasteiger charge is -1.88. The Morgan fingerprint density at radius 3 is 2.25 bits per heavy atom. The van der Waals surface area contributed by atoms with Gasteiger partial charge in [-0.2, -0.15) is 5.26 Å². The van der Waals surface area contributed by atoms with Gasteiger partial charge < -0.3 is 5.02 Å². The normalized spacial score (nSPS) is 7.67. The third-order valence-corrected chi connectivity index (χ3v) is 1.33. The fraction of sp³-hybridized carbons (Fsp3) is 0. The van der Waals surface area contributed by atoms with Gasteiger partial charge in [0.1, 0.15) is 0 Å². The Kier molecular flexibility index (Phi) is 2.96. The van der Waals surface area contributed by atoms with Crippen molar-refractivity contribution in [3.8, 4) is 17.8 Å². The van der Waals surface area contributed by atoms with Gasteiger partial charge in [-0.05, 0) is 24.3 Å². The van der Waals surface area contributed by atoms with Crippen LogP contribution in [0.15, 0.2) is 24.3 Å². The molecule has 0 bridgehead atoms. The molecule has 0 atom stereocenters. The van der Waals surface area contributed by atoms with Crippen LogP contribution >= 0.6 is 0 Å². The Labute approximate surface area is 71.7 Å². The predicted molar refractivity (Wildman–Crippen MR) is 47.4 cm³/mol. The quantitative estimate of drug-likeness (QED) is 0.429. The van der Waals surface area contributed by atoms with E-state index in [0.29, 0.717) is 5.56 Å². The molecule has 1 rings (SSSR count). The second kappa shape index (κ2) is 4.23. The van der Waals surface area contributed by atoms with E-state index in [-0.39, 0.29) is 7.48 Å².